The van der Waals surface area contributed by atoms with Crippen molar-refractivity contribution < 1.29 is 4.39 Å². The maximum absolute atomic E-state index is 14.1. The number of benzene rings is 1. The van der Waals surface area contributed by atoms with E-state index in [1.807, 2.05) is 12.1 Å². The van der Waals surface area contributed by atoms with Gasteiger partial charge < -0.3 is 5.32 Å². The number of nitrogens with zero attached hydrogens (tertiary/aromatic N) is 1. The van der Waals surface area contributed by atoms with E-state index >= 15 is 0 Å². The lowest BCUT2D eigenvalue weighted by Gasteiger charge is -2.42. The van der Waals surface area contributed by atoms with Crippen LogP contribution >= 0.6 is 0 Å². The van der Waals surface area contributed by atoms with Gasteiger partial charge in [0.15, 0.2) is 0 Å². The topological polar surface area (TPSA) is 15.3 Å². The first-order valence-corrected chi connectivity index (χ1v) is 6.69. The summed E-state index contributed by atoms with van der Waals surface area (Å²) < 4.78 is 14.1. The fraction of sp³-hybridized carbons (Fsp3) is 0.600. The summed E-state index contributed by atoms with van der Waals surface area (Å²) in [7, 11) is 0. The summed E-state index contributed by atoms with van der Waals surface area (Å²) in [6, 6.07) is 7.32. The highest BCUT2D eigenvalue weighted by atomic mass is 19.1. The molecule has 0 spiro atoms. The lowest BCUT2D eigenvalue weighted by Crippen LogP contribution is -2.48. The molecular formula is C15H23FN2. The van der Waals surface area contributed by atoms with Crippen LogP contribution in [0, 0.1) is 11.2 Å². The molecule has 1 fully saturated rings. The average Bonchev–Trinajstić information content (AvgIpc) is 2.32. The Labute approximate surface area is 109 Å². The Balaban J connectivity index is 2.34. The van der Waals surface area contributed by atoms with E-state index < -0.39 is 0 Å². The molecule has 18 heavy (non-hydrogen) atoms. The van der Waals surface area contributed by atoms with E-state index in [1.54, 1.807) is 12.1 Å². The molecule has 2 nitrogen and oxygen atoms in total. The molecule has 1 atom stereocenters. The van der Waals surface area contributed by atoms with E-state index in [0.717, 1.165) is 31.7 Å². The monoisotopic (exact) mass is 250 g/mol. The van der Waals surface area contributed by atoms with E-state index in [0.29, 0.717) is 0 Å². The zero-order valence-corrected chi connectivity index (χ0v) is 11.5. The standard InChI is InChI=1S/C15H23FN2/c1-15(2,3)14(18-10-8-17-9-11-18)12-6-4-5-7-13(12)16/h4-7,14,17H,8-11H2,1-3H3/t14-/m0/s1. The quantitative estimate of drug-likeness (QED) is 0.868. The van der Waals surface area contributed by atoms with Crippen molar-refractivity contribution in [2.45, 2.75) is 26.8 Å². The van der Waals surface area contributed by atoms with Gasteiger partial charge in [-0.3, -0.25) is 4.90 Å². The Bertz CT molecular complexity index is 392. The number of halogens is 1. The average molecular weight is 250 g/mol. The third kappa shape index (κ3) is 2.90. The molecule has 1 aromatic carbocycles. The number of piperazine rings is 1. The normalized spacial score (nSPS) is 19.8. The van der Waals surface area contributed by atoms with Crippen molar-refractivity contribution in [2.75, 3.05) is 26.2 Å². The Morgan fingerprint density at radius 2 is 1.78 bits per heavy atom. The van der Waals surface area contributed by atoms with Gasteiger partial charge in [-0.1, -0.05) is 39.0 Å². The van der Waals surface area contributed by atoms with Crippen molar-refractivity contribution in [1.29, 1.82) is 0 Å². The molecule has 0 saturated carbocycles. The Kier molecular flexibility index (Phi) is 4.03. The van der Waals surface area contributed by atoms with Crippen LogP contribution in [-0.4, -0.2) is 31.1 Å². The molecule has 0 radical (unpaired) electrons. The fourth-order valence-corrected chi connectivity index (χ4v) is 2.85. The minimum Gasteiger partial charge on any atom is -0.314 e. The molecule has 0 bridgehead atoms. The molecular weight excluding hydrogens is 227 g/mol. The van der Waals surface area contributed by atoms with Crippen LogP contribution in [0.3, 0.4) is 0 Å². The third-order valence-electron chi connectivity index (χ3n) is 3.54. The van der Waals surface area contributed by atoms with E-state index in [1.165, 1.54) is 0 Å². The van der Waals surface area contributed by atoms with Crippen molar-refractivity contribution in [3.8, 4) is 0 Å². The van der Waals surface area contributed by atoms with E-state index in [-0.39, 0.29) is 17.3 Å². The first-order valence-electron chi connectivity index (χ1n) is 6.69. The molecule has 1 heterocycles. The molecule has 1 aliphatic rings. The zero-order chi connectivity index (χ0) is 13.2. The summed E-state index contributed by atoms with van der Waals surface area (Å²) in [4.78, 5) is 2.40. The zero-order valence-electron chi connectivity index (χ0n) is 11.5. The third-order valence-corrected chi connectivity index (χ3v) is 3.54. The van der Waals surface area contributed by atoms with E-state index in [4.69, 9.17) is 0 Å². The van der Waals surface area contributed by atoms with Gasteiger partial charge in [0.1, 0.15) is 5.82 Å². The summed E-state index contributed by atoms with van der Waals surface area (Å²) in [6.45, 7) is 10.5. The second kappa shape index (κ2) is 5.37. The molecule has 1 aromatic rings. The van der Waals surface area contributed by atoms with Gasteiger partial charge in [0, 0.05) is 37.8 Å². The highest BCUT2D eigenvalue weighted by molar-refractivity contribution is 5.23. The molecule has 0 aliphatic carbocycles. The van der Waals surface area contributed by atoms with Gasteiger partial charge in [-0.15, -0.1) is 0 Å². The minimum atomic E-state index is -0.0871. The van der Waals surface area contributed by atoms with Gasteiger partial charge in [0.05, 0.1) is 0 Å². The SMILES string of the molecule is CC(C)(C)[C@H](c1ccccc1F)N1CCNCC1. The second-order valence-electron chi connectivity index (χ2n) is 6.08. The van der Waals surface area contributed by atoms with Gasteiger partial charge in [0.25, 0.3) is 0 Å². The molecule has 2 rings (SSSR count). The van der Waals surface area contributed by atoms with Gasteiger partial charge in [-0.05, 0) is 11.5 Å². The van der Waals surface area contributed by atoms with Crippen molar-refractivity contribution in [3.63, 3.8) is 0 Å². The van der Waals surface area contributed by atoms with Gasteiger partial charge in [-0.25, -0.2) is 4.39 Å². The molecule has 3 heteroatoms. The van der Waals surface area contributed by atoms with Crippen LogP contribution in [0.15, 0.2) is 24.3 Å². The van der Waals surface area contributed by atoms with Gasteiger partial charge >= 0.3 is 0 Å². The first kappa shape index (κ1) is 13.5. The molecule has 100 valence electrons. The van der Waals surface area contributed by atoms with E-state index in [2.05, 4.69) is 31.0 Å². The number of hydrogen-bond acceptors (Lipinski definition) is 2. The largest absolute Gasteiger partial charge is 0.314 e. The highest BCUT2D eigenvalue weighted by Crippen LogP contribution is 2.38. The predicted octanol–water partition coefficient (Wildman–Crippen LogP) is 2.82. The molecule has 1 N–H and O–H groups in total. The predicted molar refractivity (Wildman–Crippen MR) is 73.0 cm³/mol. The van der Waals surface area contributed by atoms with Crippen LogP contribution in [-0.2, 0) is 0 Å². The van der Waals surface area contributed by atoms with Crippen LogP contribution in [0.25, 0.3) is 0 Å². The first-order chi connectivity index (χ1) is 8.50. The summed E-state index contributed by atoms with van der Waals surface area (Å²) in [5.74, 6) is -0.0871. The van der Waals surface area contributed by atoms with Gasteiger partial charge in [-0.2, -0.15) is 0 Å². The Hall–Kier alpha value is -0.930. The summed E-state index contributed by atoms with van der Waals surface area (Å²) in [5, 5.41) is 3.35. The minimum absolute atomic E-state index is 0.0273. The highest BCUT2D eigenvalue weighted by Gasteiger charge is 2.33. The smallest absolute Gasteiger partial charge is 0.128 e. The van der Waals surface area contributed by atoms with E-state index in [9.17, 15) is 4.39 Å². The van der Waals surface area contributed by atoms with Crippen molar-refractivity contribution in [3.05, 3.63) is 35.6 Å². The lowest BCUT2D eigenvalue weighted by molar-refractivity contribution is 0.0834. The van der Waals surface area contributed by atoms with Gasteiger partial charge in [0.2, 0.25) is 0 Å². The van der Waals surface area contributed by atoms with Crippen LogP contribution in [0.4, 0.5) is 4.39 Å². The molecule has 1 saturated heterocycles. The molecule has 0 amide bonds. The summed E-state index contributed by atoms with van der Waals surface area (Å²) in [6.07, 6.45) is 0. The van der Waals surface area contributed by atoms with Crippen LogP contribution in [0.5, 0.6) is 0 Å². The Morgan fingerprint density at radius 1 is 1.17 bits per heavy atom. The maximum Gasteiger partial charge on any atom is 0.128 e. The maximum atomic E-state index is 14.1. The fourth-order valence-electron chi connectivity index (χ4n) is 2.85. The molecule has 0 unspecified atom stereocenters. The number of nitrogens with one attached hydrogen (secondary N) is 1. The summed E-state index contributed by atoms with van der Waals surface area (Å²) >= 11 is 0. The number of rotatable bonds is 2. The second-order valence-corrected chi connectivity index (χ2v) is 6.08. The van der Waals surface area contributed by atoms with Crippen molar-refractivity contribution >= 4 is 0 Å². The molecule has 1 aliphatic heterocycles. The van der Waals surface area contributed by atoms with Crippen molar-refractivity contribution in [2.24, 2.45) is 5.41 Å². The molecule has 0 aromatic heterocycles. The van der Waals surface area contributed by atoms with Crippen LogP contribution < -0.4 is 5.32 Å². The summed E-state index contributed by atoms with van der Waals surface area (Å²) in [5.41, 5.74) is 0.853. The van der Waals surface area contributed by atoms with Crippen LogP contribution in [0.2, 0.25) is 0 Å². The van der Waals surface area contributed by atoms with Crippen molar-refractivity contribution in [1.82, 2.24) is 10.2 Å². The van der Waals surface area contributed by atoms with Crippen LogP contribution in [0.1, 0.15) is 32.4 Å². The Morgan fingerprint density at radius 3 is 2.33 bits per heavy atom. The number of hydrogen-bond donors (Lipinski definition) is 1. The lowest BCUT2D eigenvalue weighted by atomic mass is 9.80.